The lowest BCUT2D eigenvalue weighted by molar-refractivity contribution is -0.144. The third kappa shape index (κ3) is 5.70. The van der Waals surface area contributed by atoms with Gasteiger partial charge in [0.1, 0.15) is 18.1 Å². The van der Waals surface area contributed by atoms with E-state index in [1.54, 1.807) is 37.3 Å². The fraction of sp³-hybridized carbons (Fsp3) is 0.444. The number of ether oxygens (including phenoxy) is 2. The van der Waals surface area contributed by atoms with Crippen LogP contribution in [0.4, 0.5) is 4.39 Å². The molecule has 2 aliphatic rings. The van der Waals surface area contributed by atoms with Crippen molar-refractivity contribution < 1.29 is 23.5 Å². The molecule has 186 valence electrons. The Labute approximate surface area is 205 Å². The van der Waals surface area contributed by atoms with Crippen LogP contribution in [0.15, 0.2) is 53.6 Å². The number of hydrogen-bond acceptors (Lipinski definition) is 5. The molecule has 0 aromatic heterocycles. The second kappa shape index (κ2) is 11.4. The first-order valence-electron chi connectivity index (χ1n) is 12.1. The molecular formula is C27H32FN3O4. The molecule has 1 atom stereocenters. The summed E-state index contributed by atoms with van der Waals surface area (Å²) in [6.07, 6.45) is 4.09. The topological polar surface area (TPSA) is 71.4 Å². The first-order valence-corrected chi connectivity index (χ1v) is 12.1. The number of carbonyl (C=O) groups excluding carboxylic acids is 2. The summed E-state index contributed by atoms with van der Waals surface area (Å²) >= 11 is 0. The molecule has 1 aliphatic carbocycles. The van der Waals surface area contributed by atoms with Gasteiger partial charge >= 0.3 is 0 Å². The van der Waals surface area contributed by atoms with Crippen LogP contribution >= 0.6 is 0 Å². The highest BCUT2D eigenvalue weighted by Crippen LogP contribution is 2.35. The molecule has 1 fully saturated rings. The quantitative estimate of drug-likeness (QED) is 0.539. The van der Waals surface area contributed by atoms with E-state index in [0.29, 0.717) is 36.6 Å². The average molecular weight is 482 g/mol. The summed E-state index contributed by atoms with van der Waals surface area (Å²) in [5.41, 5.74) is 1.86. The van der Waals surface area contributed by atoms with Gasteiger partial charge in [0.25, 0.3) is 5.91 Å². The monoisotopic (exact) mass is 481 g/mol. The molecule has 0 N–H and O–H groups in total. The van der Waals surface area contributed by atoms with Crippen molar-refractivity contribution in [2.24, 2.45) is 11.0 Å². The van der Waals surface area contributed by atoms with E-state index in [1.165, 1.54) is 11.1 Å². The van der Waals surface area contributed by atoms with Gasteiger partial charge in [-0.25, -0.2) is 9.40 Å². The highest BCUT2D eigenvalue weighted by atomic mass is 19.1. The molecular weight excluding hydrogens is 449 g/mol. The van der Waals surface area contributed by atoms with Crippen molar-refractivity contribution >= 4 is 17.5 Å². The van der Waals surface area contributed by atoms with E-state index in [9.17, 15) is 14.0 Å². The second-order valence-corrected chi connectivity index (χ2v) is 8.99. The number of methoxy groups -OCH3 is 2. The number of benzene rings is 2. The van der Waals surface area contributed by atoms with Gasteiger partial charge < -0.3 is 14.4 Å². The maximum atomic E-state index is 14.8. The van der Waals surface area contributed by atoms with Gasteiger partial charge in [-0.1, -0.05) is 43.2 Å². The first-order chi connectivity index (χ1) is 17.0. The van der Waals surface area contributed by atoms with Crippen LogP contribution in [-0.2, 0) is 14.3 Å². The zero-order valence-corrected chi connectivity index (χ0v) is 20.3. The van der Waals surface area contributed by atoms with Gasteiger partial charge in [-0.2, -0.15) is 5.10 Å². The van der Waals surface area contributed by atoms with E-state index in [2.05, 4.69) is 5.10 Å². The van der Waals surface area contributed by atoms with Gasteiger partial charge in [0.2, 0.25) is 5.91 Å². The minimum Gasteiger partial charge on any atom is -0.497 e. The smallest absolute Gasteiger partial charge is 0.262 e. The van der Waals surface area contributed by atoms with Crippen molar-refractivity contribution in [3.63, 3.8) is 0 Å². The van der Waals surface area contributed by atoms with E-state index in [4.69, 9.17) is 9.47 Å². The number of amides is 2. The third-order valence-electron chi connectivity index (χ3n) is 6.74. The fourth-order valence-corrected chi connectivity index (χ4v) is 4.84. The molecule has 0 saturated heterocycles. The lowest BCUT2D eigenvalue weighted by Crippen LogP contribution is -2.44. The van der Waals surface area contributed by atoms with Gasteiger partial charge in [-0.15, -0.1) is 0 Å². The molecule has 1 heterocycles. The van der Waals surface area contributed by atoms with Gasteiger partial charge in [-0.05, 0) is 31.0 Å². The largest absolute Gasteiger partial charge is 0.497 e. The zero-order valence-electron chi connectivity index (χ0n) is 20.3. The maximum Gasteiger partial charge on any atom is 0.262 e. The Morgan fingerprint density at radius 1 is 1.11 bits per heavy atom. The van der Waals surface area contributed by atoms with Crippen molar-refractivity contribution in [3.8, 4) is 5.75 Å². The SMILES string of the molecule is COCCN(CC(=O)N1N=C(c2cccc(OC)c2)C[C@H]1c1ccccc1F)C(=O)C1CCCC1. The van der Waals surface area contributed by atoms with Crippen molar-refractivity contribution in [1.82, 2.24) is 9.91 Å². The summed E-state index contributed by atoms with van der Waals surface area (Å²) in [5.74, 6) is -0.150. The molecule has 0 radical (unpaired) electrons. The van der Waals surface area contributed by atoms with Crippen LogP contribution in [0.1, 0.15) is 49.3 Å². The Hall–Kier alpha value is -3.26. The highest BCUT2D eigenvalue weighted by molar-refractivity contribution is 6.03. The highest BCUT2D eigenvalue weighted by Gasteiger charge is 2.36. The Morgan fingerprint density at radius 2 is 1.89 bits per heavy atom. The number of carbonyl (C=O) groups is 2. The van der Waals surface area contributed by atoms with E-state index in [0.717, 1.165) is 31.2 Å². The zero-order chi connectivity index (χ0) is 24.8. The lowest BCUT2D eigenvalue weighted by atomic mass is 9.98. The summed E-state index contributed by atoms with van der Waals surface area (Å²) < 4.78 is 25.3. The Balaban J connectivity index is 1.62. The summed E-state index contributed by atoms with van der Waals surface area (Å²) in [6.45, 7) is 0.529. The molecule has 0 spiro atoms. The lowest BCUT2D eigenvalue weighted by Gasteiger charge is -2.28. The van der Waals surface area contributed by atoms with Crippen LogP contribution in [0.25, 0.3) is 0 Å². The van der Waals surface area contributed by atoms with Gasteiger partial charge in [0.05, 0.1) is 25.5 Å². The summed E-state index contributed by atoms with van der Waals surface area (Å²) in [5, 5.41) is 5.97. The normalized spacial score (nSPS) is 18.0. The van der Waals surface area contributed by atoms with Crippen molar-refractivity contribution in [1.29, 1.82) is 0 Å². The number of nitrogens with zero attached hydrogens (tertiary/aromatic N) is 3. The van der Waals surface area contributed by atoms with E-state index >= 15 is 0 Å². The van der Waals surface area contributed by atoms with Gasteiger partial charge in [0.15, 0.2) is 0 Å². The van der Waals surface area contributed by atoms with Crippen molar-refractivity contribution in [2.75, 3.05) is 33.9 Å². The Morgan fingerprint density at radius 3 is 2.60 bits per heavy atom. The predicted molar refractivity (Wildman–Crippen MR) is 131 cm³/mol. The Kier molecular flexibility index (Phi) is 8.13. The summed E-state index contributed by atoms with van der Waals surface area (Å²) in [7, 11) is 3.16. The standard InChI is InChI=1S/C27H32FN3O4/c1-34-15-14-30(27(33)19-8-3-4-9-19)18-26(32)31-25(22-12-5-6-13-23(22)28)17-24(29-31)20-10-7-11-21(16-20)35-2/h5-7,10-13,16,19,25H,3-4,8-9,14-15,17-18H2,1-2H3/t25-/m0/s1. The molecule has 1 saturated carbocycles. The van der Waals surface area contributed by atoms with Crippen molar-refractivity contribution in [3.05, 3.63) is 65.5 Å². The minimum absolute atomic E-state index is 0.0217. The molecule has 8 heteroatoms. The molecule has 35 heavy (non-hydrogen) atoms. The maximum absolute atomic E-state index is 14.8. The first kappa shape index (κ1) is 24.9. The molecule has 1 aliphatic heterocycles. The summed E-state index contributed by atoms with van der Waals surface area (Å²) in [6, 6.07) is 13.3. The Bertz CT molecular complexity index is 1080. The second-order valence-electron chi connectivity index (χ2n) is 8.99. The molecule has 2 amide bonds. The van der Waals surface area contributed by atoms with Crippen LogP contribution in [0, 0.1) is 11.7 Å². The molecule has 7 nitrogen and oxygen atoms in total. The number of hydrogen-bond donors (Lipinski definition) is 0. The molecule has 0 bridgehead atoms. The van der Waals surface area contributed by atoms with E-state index in [-0.39, 0.29) is 24.3 Å². The minimum atomic E-state index is -0.601. The van der Waals surface area contributed by atoms with Crippen LogP contribution in [0.2, 0.25) is 0 Å². The van der Waals surface area contributed by atoms with Gasteiger partial charge in [0, 0.05) is 37.1 Å². The molecule has 2 aromatic rings. The van der Waals surface area contributed by atoms with E-state index in [1.807, 2.05) is 24.3 Å². The van der Waals surface area contributed by atoms with Crippen LogP contribution in [0.3, 0.4) is 0 Å². The summed E-state index contributed by atoms with van der Waals surface area (Å²) in [4.78, 5) is 28.3. The fourth-order valence-electron chi connectivity index (χ4n) is 4.84. The number of halogens is 1. The van der Waals surface area contributed by atoms with Gasteiger partial charge in [-0.3, -0.25) is 9.59 Å². The molecule has 4 rings (SSSR count). The number of hydrazone groups is 1. The van der Waals surface area contributed by atoms with Crippen LogP contribution in [0.5, 0.6) is 5.75 Å². The van der Waals surface area contributed by atoms with Crippen LogP contribution < -0.4 is 4.74 Å². The third-order valence-corrected chi connectivity index (χ3v) is 6.74. The van der Waals surface area contributed by atoms with E-state index < -0.39 is 11.9 Å². The van der Waals surface area contributed by atoms with Crippen molar-refractivity contribution in [2.45, 2.75) is 38.1 Å². The molecule has 0 unspecified atom stereocenters. The average Bonchev–Trinajstić information content (AvgIpc) is 3.57. The molecule has 2 aromatic carbocycles. The predicted octanol–water partition coefficient (Wildman–Crippen LogP) is 4.18. The van der Waals surface area contributed by atoms with Crippen LogP contribution in [-0.4, -0.2) is 61.4 Å². The number of rotatable bonds is 9.